The fraction of sp³-hybridized carbons (Fsp3) is 0.500. The van der Waals surface area contributed by atoms with Crippen LogP contribution in [-0.4, -0.2) is 75.7 Å². The summed E-state index contributed by atoms with van der Waals surface area (Å²) in [7, 11) is 0. The molecule has 1 unspecified atom stereocenters. The van der Waals surface area contributed by atoms with Crippen molar-refractivity contribution in [2.45, 2.75) is 51.1 Å². The summed E-state index contributed by atoms with van der Waals surface area (Å²) in [6.07, 6.45) is 2.02. The number of carbonyl (C=O) groups excluding carboxylic acids is 5. The number of piperidine rings is 1. The number of nitrogens with zero attached hydrogens (tertiary/aromatic N) is 3. The molecule has 0 radical (unpaired) electrons. The van der Waals surface area contributed by atoms with Gasteiger partial charge in [0.2, 0.25) is 5.91 Å². The van der Waals surface area contributed by atoms with Gasteiger partial charge >= 0.3 is 5.97 Å². The van der Waals surface area contributed by atoms with Crippen molar-refractivity contribution in [3.05, 3.63) is 35.4 Å². The lowest BCUT2D eigenvalue weighted by Gasteiger charge is -2.36. The molecule has 4 amide bonds. The van der Waals surface area contributed by atoms with Crippen LogP contribution in [0.15, 0.2) is 24.3 Å². The first-order valence-electron chi connectivity index (χ1n) is 10.5. The Labute approximate surface area is 179 Å². The van der Waals surface area contributed by atoms with Crippen molar-refractivity contribution in [2.75, 3.05) is 19.8 Å². The third kappa shape index (κ3) is 3.52. The summed E-state index contributed by atoms with van der Waals surface area (Å²) in [4.78, 5) is 67.3. The van der Waals surface area contributed by atoms with Gasteiger partial charge in [-0.15, -0.1) is 0 Å². The second-order valence-corrected chi connectivity index (χ2v) is 8.55. The Kier molecular flexibility index (Phi) is 5.38. The summed E-state index contributed by atoms with van der Waals surface area (Å²) in [5.41, 5.74) is -0.398. The minimum Gasteiger partial charge on any atom is -0.442 e. The van der Waals surface area contributed by atoms with Crippen LogP contribution in [0, 0.1) is 0 Å². The monoisotopic (exact) mass is 427 g/mol. The third-order valence-corrected chi connectivity index (χ3v) is 6.34. The van der Waals surface area contributed by atoms with Crippen molar-refractivity contribution in [1.82, 2.24) is 14.7 Å². The smallest absolute Gasteiger partial charge is 0.327 e. The van der Waals surface area contributed by atoms with Crippen molar-refractivity contribution in [3.63, 3.8) is 0 Å². The molecule has 3 heterocycles. The molecular formula is C22H25N3O6. The minimum atomic E-state index is -1.10. The normalized spacial score (nSPS) is 22.3. The highest BCUT2D eigenvalue weighted by atomic mass is 16.5. The van der Waals surface area contributed by atoms with Crippen LogP contribution in [0.1, 0.15) is 60.2 Å². The van der Waals surface area contributed by atoms with Gasteiger partial charge in [-0.2, -0.15) is 0 Å². The number of imide groups is 2. The minimum absolute atomic E-state index is 0.0309. The summed E-state index contributed by atoms with van der Waals surface area (Å²) in [6, 6.07) is 5.26. The average Bonchev–Trinajstić information content (AvgIpc) is 3.37. The number of likely N-dealkylation sites (tertiary alicyclic amines) is 2. The van der Waals surface area contributed by atoms with Crippen LogP contribution in [-0.2, 0) is 19.1 Å². The van der Waals surface area contributed by atoms with Crippen molar-refractivity contribution in [2.24, 2.45) is 0 Å². The predicted molar refractivity (Wildman–Crippen MR) is 108 cm³/mol. The summed E-state index contributed by atoms with van der Waals surface area (Å²) < 4.78 is 5.34. The Bertz CT molecular complexity index is 931. The van der Waals surface area contributed by atoms with E-state index in [-0.39, 0.29) is 24.0 Å². The molecule has 9 nitrogen and oxygen atoms in total. The van der Waals surface area contributed by atoms with E-state index in [0.29, 0.717) is 0 Å². The van der Waals surface area contributed by atoms with Crippen LogP contribution in [0.5, 0.6) is 0 Å². The van der Waals surface area contributed by atoms with Gasteiger partial charge in [0, 0.05) is 6.42 Å². The van der Waals surface area contributed by atoms with Crippen LogP contribution in [0.2, 0.25) is 0 Å². The zero-order valence-electron chi connectivity index (χ0n) is 17.6. The molecule has 164 valence electrons. The standard InChI is InChI=1S/C22H25N3O6/c1-22(2,23-11-5-6-12-23)21(30)31-13-24-17(26)10-9-16(20(24)29)25-18(27)14-7-3-4-8-15(14)19(25)28/h3-4,7-8,16H,5-6,9-13H2,1-2H3. The Morgan fingerprint density at radius 3 is 2.19 bits per heavy atom. The molecule has 0 N–H and O–H groups in total. The van der Waals surface area contributed by atoms with Crippen molar-refractivity contribution >= 4 is 29.6 Å². The van der Waals surface area contributed by atoms with E-state index < -0.39 is 47.9 Å². The van der Waals surface area contributed by atoms with E-state index in [1.165, 1.54) is 12.1 Å². The van der Waals surface area contributed by atoms with Crippen LogP contribution < -0.4 is 0 Å². The Morgan fingerprint density at radius 2 is 1.61 bits per heavy atom. The Hall–Kier alpha value is -3.07. The number of esters is 1. The molecule has 2 saturated heterocycles. The van der Waals surface area contributed by atoms with Gasteiger partial charge in [0.15, 0.2) is 6.73 Å². The maximum Gasteiger partial charge on any atom is 0.327 e. The SMILES string of the molecule is CC(C)(C(=O)OCN1C(=O)CCC(N2C(=O)c3ccccc3C2=O)C1=O)N1CCCC1. The number of ether oxygens (including phenoxy) is 1. The molecule has 31 heavy (non-hydrogen) atoms. The number of hydrogen-bond donors (Lipinski definition) is 0. The van der Waals surface area contributed by atoms with E-state index in [2.05, 4.69) is 0 Å². The molecule has 0 saturated carbocycles. The van der Waals surface area contributed by atoms with Crippen molar-refractivity contribution < 1.29 is 28.7 Å². The molecule has 0 aliphatic carbocycles. The quantitative estimate of drug-likeness (QED) is 0.513. The summed E-state index contributed by atoms with van der Waals surface area (Å²) in [5, 5.41) is 0. The van der Waals surface area contributed by atoms with Crippen molar-refractivity contribution in [1.29, 1.82) is 0 Å². The molecule has 0 aromatic heterocycles. The van der Waals surface area contributed by atoms with Gasteiger partial charge in [0.05, 0.1) is 11.1 Å². The van der Waals surface area contributed by atoms with E-state index in [9.17, 15) is 24.0 Å². The van der Waals surface area contributed by atoms with Gasteiger partial charge in [-0.25, -0.2) is 9.69 Å². The fourth-order valence-electron chi connectivity index (χ4n) is 4.39. The average molecular weight is 427 g/mol. The molecule has 3 aliphatic heterocycles. The van der Waals surface area contributed by atoms with Gasteiger partial charge in [-0.1, -0.05) is 12.1 Å². The molecule has 9 heteroatoms. The first kappa shape index (κ1) is 21.2. The second-order valence-electron chi connectivity index (χ2n) is 8.55. The number of carbonyl (C=O) groups is 5. The second kappa shape index (κ2) is 7.88. The number of fused-ring (bicyclic) bond motifs is 1. The number of benzene rings is 1. The topological polar surface area (TPSA) is 104 Å². The molecular weight excluding hydrogens is 402 g/mol. The molecule has 1 aromatic carbocycles. The molecule has 1 aromatic rings. The lowest BCUT2D eigenvalue weighted by Crippen LogP contribution is -2.57. The van der Waals surface area contributed by atoms with Gasteiger partial charge in [-0.3, -0.25) is 29.0 Å². The third-order valence-electron chi connectivity index (χ3n) is 6.34. The van der Waals surface area contributed by atoms with E-state index in [1.54, 1.807) is 26.0 Å². The summed E-state index contributed by atoms with van der Waals surface area (Å²) in [6.45, 7) is 4.54. The molecule has 0 spiro atoms. The highest BCUT2D eigenvalue weighted by Gasteiger charge is 2.47. The highest BCUT2D eigenvalue weighted by Crippen LogP contribution is 2.29. The Morgan fingerprint density at radius 1 is 1.03 bits per heavy atom. The molecule has 4 rings (SSSR count). The number of rotatable bonds is 5. The van der Waals surface area contributed by atoms with Crippen molar-refractivity contribution in [3.8, 4) is 0 Å². The summed E-state index contributed by atoms with van der Waals surface area (Å²) in [5.74, 6) is -2.85. The molecule has 0 bridgehead atoms. The first-order valence-corrected chi connectivity index (χ1v) is 10.5. The van der Waals surface area contributed by atoms with E-state index in [0.717, 1.165) is 35.7 Å². The van der Waals surface area contributed by atoms with Crippen LogP contribution in [0.25, 0.3) is 0 Å². The lowest BCUT2D eigenvalue weighted by molar-refractivity contribution is -0.169. The van der Waals surface area contributed by atoms with E-state index >= 15 is 0 Å². The first-order chi connectivity index (χ1) is 14.7. The zero-order valence-corrected chi connectivity index (χ0v) is 17.6. The van der Waals surface area contributed by atoms with Gasteiger partial charge in [0.25, 0.3) is 17.7 Å². The molecule has 1 atom stereocenters. The largest absolute Gasteiger partial charge is 0.442 e. The van der Waals surface area contributed by atoms with Crippen LogP contribution >= 0.6 is 0 Å². The number of hydrogen-bond acceptors (Lipinski definition) is 7. The maximum atomic E-state index is 13.0. The zero-order chi connectivity index (χ0) is 22.3. The molecule has 3 aliphatic rings. The maximum absolute atomic E-state index is 13.0. The Balaban J connectivity index is 1.47. The van der Waals surface area contributed by atoms with E-state index in [4.69, 9.17) is 4.74 Å². The lowest BCUT2D eigenvalue weighted by atomic mass is 10.0. The van der Waals surface area contributed by atoms with Crippen LogP contribution in [0.3, 0.4) is 0 Å². The van der Waals surface area contributed by atoms with E-state index in [1.807, 2.05) is 4.90 Å². The predicted octanol–water partition coefficient (Wildman–Crippen LogP) is 1.18. The summed E-state index contributed by atoms with van der Waals surface area (Å²) >= 11 is 0. The van der Waals surface area contributed by atoms with Gasteiger partial charge < -0.3 is 4.74 Å². The van der Waals surface area contributed by atoms with Crippen LogP contribution in [0.4, 0.5) is 0 Å². The molecule has 2 fully saturated rings. The number of amides is 4. The van der Waals surface area contributed by atoms with Gasteiger partial charge in [0.1, 0.15) is 11.6 Å². The highest BCUT2D eigenvalue weighted by molar-refractivity contribution is 6.23. The fourth-order valence-corrected chi connectivity index (χ4v) is 4.39. The van der Waals surface area contributed by atoms with Gasteiger partial charge in [-0.05, 0) is 58.3 Å².